The number of carboxylic acids is 1. The molecular formula is C17H19NO4. The lowest BCUT2D eigenvalue weighted by Gasteiger charge is -2.32. The number of amides is 1. The monoisotopic (exact) mass is 301 g/mol. The fraction of sp³-hybridized carbons (Fsp3) is 0.412. The Hall–Kier alpha value is -2.30. The fourth-order valence-electron chi connectivity index (χ4n) is 3.15. The number of carboxylic acid groups (broad SMARTS) is 1. The summed E-state index contributed by atoms with van der Waals surface area (Å²) in [6.45, 7) is 4.24. The number of hydrogen-bond donors (Lipinski definition) is 1. The number of carbonyl (C=O) groups excluding carboxylic acids is 1. The van der Waals surface area contributed by atoms with Gasteiger partial charge in [0.25, 0.3) is 5.91 Å². The van der Waals surface area contributed by atoms with Crippen LogP contribution < -0.4 is 0 Å². The van der Waals surface area contributed by atoms with E-state index < -0.39 is 12.0 Å². The summed E-state index contributed by atoms with van der Waals surface area (Å²) in [5, 5.41) is 10.2. The summed E-state index contributed by atoms with van der Waals surface area (Å²) >= 11 is 0. The van der Waals surface area contributed by atoms with Crippen molar-refractivity contribution in [2.45, 2.75) is 39.2 Å². The molecule has 1 N–H and O–H groups in total. The standard InChI is InChI=1S/C17H19NO4/c1-10-6-5-7-12-11(2)15(22-14(10)12)16(19)18-9-4-3-8-13(18)17(20)21/h5-7,13H,3-4,8-9H2,1-2H3,(H,20,21)/t13-/m1/s1. The minimum absolute atomic E-state index is 0.262. The minimum atomic E-state index is -0.946. The molecule has 0 spiro atoms. The van der Waals surface area contributed by atoms with Crippen molar-refractivity contribution < 1.29 is 19.1 Å². The molecule has 0 aliphatic carbocycles. The number of para-hydroxylation sites is 1. The van der Waals surface area contributed by atoms with Gasteiger partial charge in [0.15, 0.2) is 5.76 Å². The lowest BCUT2D eigenvalue weighted by molar-refractivity contribution is -0.143. The van der Waals surface area contributed by atoms with E-state index in [-0.39, 0.29) is 11.7 Å². The molecule has 116 valence electrons. The van der Waals surface area contributed by atoms with E-state index in [0.29, 0.717) is 18.5 Å². The SMILES string of the molecule is Cc1c(C(=O)N2CCCC[C@@H]2C(=O)O)oc2c(C)cccc12. The number of nitrogens with zero attached hydrogens (tertiary/aromatic N) is 1. The summed E-state index contributed by atoms with van der Waals surface area (Å²) in [5.74, 6) is -1.00. The summed E-state index contributed by atoms with van der Waals surface area (Å²) in [5.41, 5.74) is 2.44. The Morgan fingerprint density at radius 2 is 2.05 bits per heavy atom. The second kappa shape index (κ2) is 5.48. The topological polar surface area (TPSA) is 70.8 Å². The minimum Gasteiger partial charge on any atom is -0.480 e. The zero-order chi connectivity index (χ0) is 15.9. The van der Waals surface area contributed by atoms with Gasteiger partial charge < -0.3 is 14.4 Å². The van der Waals surface area contributed by atoms with E-state index >= 15 is 0 Å². The molecule has 1 aromatic heterocycles. The maximum absolute atomic E-state index is 12.8. The van der Waals surface area contributed by atoms with Crippen LogP contribution in [0.15, 0.2) is 22.6 Å². The molecule has 1 fully saturated rings. The van der Waals surface area contributed by atoms with E-state index in [1.165, 1.54) is 4.90 Å². The highest BCUT2D eigenvalue weighted by Crippen LogP contribution is 2.30. The van der Waals surface area contributed by atoms with E-state index in [1.54, 1.807) is 0 Å². The highest BCUT2D eigenvalue weighted by atomic mass is 16.4. The Labute approximate surface area is 128 Å². The smallest absolute Gasteiger partial charge is 0.326 e. The first-order valence-electron chi connectivity index (χ1n) is 7.53. The van der Waals surface area contributed by atoms with Crippen molar-refractivity contribution >= 4 is 22.8 Å². The summed E-state index contributed by atoms with van der Waals surface area (Å²) < 4.78 is 5.79. The summed E-state index contributed by atoms with van der Waals surface area (Å²) in [6, 6.07) is 5.02. The predicted molar refractivity (Wildman–Crippen MR) is 82.0 cm³/mol. The lowest BCUT2D eigenvalue weighted by atomic mass is 10.0. The van der Waals surface area contributed by atoms with E-state index in [4.69, 9.17) is 4.42 Å². The Kier molecular flexibility index (Phi) is 3.64. The molecule has 5 nitrogen and oxygen atoms in total. The van der Waals surface area contributed by atoms with Crippen LogP contribution in [0.3, 0.4) is 0 Å². The number of aliphatic carboxylic acids is 1. The third-order valence-corrected chi connectivity index (χ3v) is 4.40. The van der Waals surface area contributed by atoms with Gasteiger partial charge in [-0.25, -0.2) is 4.79 Å². The number of piperidine rings is 1. The Morgan fingerprint density at radius 3 is 2.73 bits per heavy atom. The highest BCUT2D eigenvalue weighted by molar-refractivity contribution is 6.01. The fourth-order valence-corrected chi connectivity index (χ4v) is 3.15. The molecule has 2 aromatic rings. The van der Waals surface area contributed by atoms with E-state index in [1.807, 2.05) is 32.0 Å². The largest absolute Gasteiger partial charge is 0.480 e. The normalized spacial score (nSPS) is 18.6. The maximum atomic E-state index is 12.8. The first kappa shape index (κ1) is 14.6. The zero-order valence-corrected chi connectivity index (χ0v) is 12.8. The van der Waals surface area contributed by atoms with Crippen molar-refractivity contribution in [3.8, 4) is 0 Å². The van der Waals surface area contributed by atoms with Crippen LogP contribution in [0.2, 0.25) is 0 Å². The van der Waals surface area contributed by atoms with E-state index in [0.717, 1.165) is 29.4 Å². The van der Waals surface area contributed by atoms with Crippen molar-refractivity contribution in [2.75, 3.05) is 6.54 Å². The van der Waals surface area contributed by atoms with Crippen molar-refractivity contribution in [3.63, 3.8) is 0 Å². The molecule has 1 aromatic carbocycles. The number of benzene rings is 1. The van der Waals surface area contributed by atoms with Crippen LogP contribution in [-0.4, -0.2) is 34.5 Å². The van der Waals surface area contributed by atoms with Crippen LogP contribution >= 0.6 is 0 Å². The molecule has 0 bridgehead atoms. The number of rotatable bonds is 2. The quantitative estimate of drug-likeness (QED) is 0.925. The lowest BCUT2D eigenvalue weighted by Crippen LogP contribution is -2.48. The van der Waals surface area contributed by atoms with Crippen LogP contribution in [-0.2, 0) is 4.79 Å². The second-order valence-electron chi connectivity index (χ2n) is 5.86. The van der Waals surface area contributed by atoms with Crippen LogP contribution in [0.4, 0.5) is 0 Å². The van der Waals surface area contributed by atoms with Gasteiger partial charge in [0.1, 0.15) is 11.6 Å². The highest BCUT2D eigenvalue weighted by Gasteiger charge is 2.34. The van der Waals surface area contributed by atoms with Crippen molar-refractivity contribution in [3.05, 3.63) is 35.1 Å². The Morgan fingerprint density at radius 1 is 1.27 bits per heavy atom. The number of furan rings is 1. The van der Waals surface area contributed by atoms with E-state index in [2.05, 4.69) is 0 Å². The van der Waals surface area contributed by atoms with E-state index in [9.17, 15) is 14.7 Å². The first-order valence-corrected chi connectivity index (χ1v) is 7.53. The Balaban J connectivity index is 2.03. The molecule has 1 atom stereocenters. The molecule has 1 aliphatic heterocycles. The second-order valence-corrected chi connectivity index (χ2v) is 5.86. The molecule has 5 heteroatoms. The molecule has 0 radical (unpaired) electrons. The predicted octanol–water partition coefficient (Wildman–Crippen LogP) is 3.13. The van der Waals surface area contributed by atoms with Gasteiger partial charge in [0.05, 0.1) is 0 Å². The zero-order valence-electron chi connectivity index (χ0n) is 12.8. The van der Waals surface area contributed by atoms with Gasteiger partial charge in [-0.05, 0) is 38.7 Å². The average Bonchev–Trinajstić information content (AvgIpc) is 2.85. The van der Waals surface area contributed by atoms with Gasteiger partial charge in [-0.2, -0.15) is 0 Å². The molecule has 1 saturated heterocycles. The molecule has 0 saturated carbocycles. The maximum Gasteiger partial charge on any atom is 0.326 e. The number of aryl methyl sites for hydroxylation is 2. The van der Waals surface area contributed by atoms with Crippen molar-refractivity contribution in [1.29, 1.82) is 0 Å². The number of fused-ring (bicyclic) bond motifs is 1. The van der Waals surface area contributed by atoms with Crippen molar-refractivity contribution in [1.82, 2.24) is 4.90 Å². The molecule has 3 rings (SSSR count). The van der Waals surface area contributed by atoms with Crippen LogP contribution in [0.5, 0.6) is 0 Å². The summed E-state index contributed by atoms with van der Waals surface area (Å²) in [7, 11) is 0. The van der Waals surface area contributed by atoms with Gasteiger partial charge in [-0.1, -0.05) is 18.2 Å². The summed E-state index contributed by atoms with van der Waals surface area (Å²) in [4.78, 5) is 25.6. The molecule has 1 aliphatic rings. The van der Waals surface area contributed by atoms with Gasteiger partial charge in [0.2, 0.25) is 0 Å². The number of hydrogen-bond acceptors (Lipinski definition) is 3. The van der Waals surface area contributed by atoms with Gasteiger partial charge >= 0.3 is 5.97 Å². The molecule has 2 heterocycles. The van der Waals surface area contributed by atoms with Crippen molar-refractivity contribution in [2.24, 2.45) is 0 Å². The molecular weight excluding hydrogens is 282 g/mol. The Bertz CT molecular complexity index is 746. The van der Waals surface area contributed by atoms with Gasteiger partial charge in [-0.15, -0.1) is 0 Å². The number of carbonyl (C=O) groups is 2. The third kappa shape index (κ3) is 2.26. The van der Waals surface area contributed by atoms with Crippen LogP contribution in [0.1, 0.15) is 40.9 Å². The van der Waals surface area contributed by atoms with Crippen LogP contribution in [0.25, 0.3) is 11.0 Å². The van der Waals surface area contributed by atoms with Crippen LogP contribution in [0, 0.1) is 13.8 Å². The third-order valence-electron chi connectivity index (χ3n) is 4.40. The van der Waals surface area contributed by atoms with Gasteiger partial charge in [0, 0.05) is 17.5 Å². The molecule has 1 amide bonds. The number of likely N-dealkylation sites (tertiary alicyclic amines) is 1. The van der Waals surface area contributed by atoms with Gasteiger partial charge in [-0.3, -0.25) is 4.79 Å². The average molecular weight is 301 g/mol. The first-order chi connectivity index (χ1) is 10.5. The summed E-state index contributed by atoms with van der Waals surface area (Å²) in [6.07, 6.45) is 2.16. The molecule has 0 unspecified atom stereocenters. The molecule has 22 heavy (non-hydrogen) atoms.